The van der Waals surface area contributed by atoms with Gasteiger partial charge in [0.25, 0.3) is 0 Å². The highest BCUT2D eigenvalue weighted by molar-refractivity contribution is 6.31. The first-order valence-electron chi connectivity index (χ1n) is 5.55. The third kappa shape index (κ3) is 3.13. The first-order valence-corrected chi connectivity index (χ1v) is 5.92. The molecule has 94 valence electrons. The Morgan fingerprint density at radius 2 is 1.94 bits per heavy atom. The molecule has 0 atom stereocenters. The van der Waals surface area contributed by atoms with Gasteiger partial charge >= 0.3 is 6.18 Å². The molecule has 1 aromatic rings. The summed E-state index contributed by atoms with van der Waals surface area (Å²) < 4.78 is 37.8. The molecule has 1 aromatic carbocycles. The largest absolute Gasteiger partial charge is 0.417 e. The van der Waals surface area contributed by atoms with Crippen LogP contribution in [0.4, 0.5) is 13.2 Å². The highest BCUT2D eigenvalue weighted by Crippen LogP contribution is 2.35. The minimum atomic E-state index is -4.37. The Labute approximate surface area is 103 Å². The van der Waals surface area contributed by atoms with E-state index < -0.39 is 11.7 Å². The van der Waals surface area contributed by atoms with Crippen molar-refractivity contribution in [2.24, 2.45) is 0 Å². The van der Waals surface area contributed by atoms with Crippen LogP contribution in [0.2, 0.25) is 5.02 Å². The Bertz CT molecular complexity index is 399. The first kappa shape index (κ1) is 12.7. The van der Waals surface area contributed by atoms with E-state index in [9.17, 15) is 13.2 Å². The van der Waals surface area contributed by atoms with Gasteiger partial charge in [0.1, 0.15) is 0 Å². The zero-order chi connectivity index (χ0) is 12.5. The second-order valence-electron chi connectivity index (χ2n) is 4.26. The number of halogens is 4. The Balaban J connectivity index is 2.07. The summed E-state index contributed by atoms with van der Waals surface area (Å²) in [6.07, 6.45) is -2.54. The van der Waals surface area contributed by atoms with Crippen molar-refractivity contribution in [1.82, 2.24) is 4.90 Å². The summed E-state index contributed by atoms with van der Waals surface area (Å²) in [5.41, 5.74) is -0.0473. The SMILES string of the molecule is FC(F)(F)c1cc(CCN2CCC2)ccc1Cl. The summed E-state index contributed by atoms with van der Waals surface area (Å²) in [5, 5.41) is -0.231. The summed E-state index contributed by atoms with van der Waals surface area (Å²) in [6.45, 7) is 2.93. The lowest BCUT2D eigenvalue weighted by Gasteiger charge is -2.30. The van der Waals surface area contributed by atoms with Crippen LogP contribution in [0.3, 0.4) is 0 Å². The molecule has 1 aliphatic rings. The molecule has 17 heavy (non-hydrogen) atoms. The van der Waals surface area contributed by atoms with Crippen LogP contribution in [0, 0.1) is 0 Å². The molecule has 0 aromatic heterocycles. The second-order valence-corrected chi connectivity index (χ2v) is 4.66. The minimum absolute atomic E-state index is 0.231. The molecule has 2 rings (SSSR count). The van der Waals surface area contributed by atoms with Crippen molar-refractivity contribution in [3.05, 3.63) is 34.3 Å². The van der Waals surface area contributed by atoms with Gasteiger partial charge in [-0.2, -0.15) is 13.2 Å². The number of hydrogen-bond donors (Lipinski definition) is 0. The standard InChI is InChI=1S/C12H13ClF3N/c13-11-3-2-9(4-7-17-5-1-6-17)8-10(11)12(14,15)16/h2-3,8H,1,4-7H2. The lowest BCUT2D eigenvalue weighted by molar-refractivity contribution is -0.137. The fourth-order valence-electron chi connectivity index (χ4n) is 1.84. The summed E-state index contributed by atoms with van der Waals surface area (Å²) in [5.74, 6) is 0. The zero-order valence-corrected chi connectivity index (χ0v) is 9.98. The molecule has 0 saturated carbocycles. The molecule has 0 unspecified atom stereocenters. The third-order valence-electron chi connectivity index (χ3n) is 3.00. The van der Waals surface area contributed by atoms with Gasteiger partial charge in [0.15, 0.2) is 0 Å². The van der Waals surface area contributed by atoms with Crippen molar-refractivity contribution in [1.29, 1.82) is 0 Å². The Hall–Kier alpha value is -0.740. The van der Waals surface area contributed by atoms with Crippen LogP contribution in [-0.2, 0) is 12.6 Å². The molecular weight excluding hydrogens is 251 g/mol. The van der Waals surface area contributed by atoms with Gasteiger partial charge in [-0.05, 0) is 43.6 Å². The number of rotatable bonds is 3. The Morgan fingerprint density at radius 1 is 1.24 bits per heavy atom. The molecule has 0 amide bonds. The molecule has 5 heteroatoms. The van der Waals surface area contributed by atoms with Crippen LogP contribution in [0.15, 0.2) is 18.2 Å². The van der Waals surface area contributed by atoms with Crippen LogP contribution in [0.1, 0.15) is 17.5 Å². The number of benzene rings is 1. The molecule has 0 bridgehead atoms. The Morgan fingerprint density at radius 3 is 2.47 bits per heavy atom. The topological polar surface area (TPSA) is 3.24 Å². The highest BCUT2D eigenvalue weighted by Gasteiger charge is 2.33. The molecule has 1 aliphatic heterocycles. The zero-order valence-electron chi connectivity index (χ0n) is 9.23. The van der Waals surface area contributed by atoms with Gasteiger partial charge in [-0.25, -0.2) is 0 Å². The maximum Gasteiger partial charge on any atom is 0.417 e. The fraction of sp³-hybridized carbons (Fsp3) is 0.500. The molecule has 1 saturated heterocycles. The average molecular weight is 264 g/mol. The van der Waals surface area contributed by atoms with Crippen molar-refractivity contribution in [3.8, 4) is 0 Å². The quantitative estimate of drug-likeness (QED) is 0.805. The van der Waals surface area contributed by atoms with Gasteiger partial charge in [-0.3, -0.25) is 0 Å². The molecule has 0 N–H and O–H groups in total. The van der Waals surface area contributed by atoms with E-state index in [1.165, 1.54) is 12.5 Å². The van der Waals surface area contributed by atoms with Crippen molar-refractivity contribution in [3.63, 3.8) is 0 Å². The lowest BCUT2D eigenvalue weighted by atomic mass is 10.1. The van der Waals surface area contributed by atoms with E-state index in [0.717, 1.165) is 25.7 Å². The monoisotopic (exact) mass is 263 g/mol. The van der Waals surface area contributed by atoms with E-state index in [1.807, 2.05) is 0 Å². The summed E-state index contributed by atoms with van der Waals surface area (Å²) in [6, 6.07) is 4.15. The maximum absolute atomic E-state index is 12.6. The van der Waals surface area contributed by atoms with Crippen molar-refractivity contribution >= 4 is 11.6 Å². The van der Waals surface area contributed by atoms with E-state index in [2.05, 4.69) is 4.90 Å². The smallest absolute Gasteiger partial charge is 0.303 e. The van der Waals surface area contributed by atoms with E-state index in [0.29, 0.717) is 12.0 Å². The molecule has 0 radical (unpaired) electrons. The van der Waals surface area contributed by atoms with Gasteiger partial charge in [0, 0.05) is 6.54 Å². The van der Waals surface area contributed by atoms with Crippen molar-refractivity contribution in [2.45, 2.75) is 19.0 Å². The van der Waals surface area contributed by atoms with E-state index in [1.54, 1.807) is 6.07 Å². The van der Waals surface area contributed by atoms with Crippen LogP contribution in [-0.4, -0.2) is 24.5 Å². The molecule has 1 fully saturated rings. The fourth-order valence-corrected chi connectivity index (χ4v) is 2.06. The Kier molecular flexibility index (Phi) is 3.64. The van der Waals surface area contributed by atoms with Crippen molar-refractivity contribution in [2.75, 3.05) is 19.6 Å². The molecule has 0 aliphatic carbocycles. The van der Waals surface area contributed by atoms with Crippen LogP contribution < -0.4 is 0 Å². The molecule has 1 heterocycles. The lowest BCUT2D eigenvalue weighted by Crippen LogP contribution is -2.38. The molecule has 1 nitrogen and oxygen atoms in total. The summed E-state index contributed by atoms with van der Waals surface area (Å²) >= 11 is 5.55. The van der Waals surface area contributed by atoms with Gasteiger partial charge in [-0.1, -0.05) is 17.7 Å². The maximum atomic E-state index is 12.6. The number of alkyl halides is 3. The molecule has 0 spiro atoms. The van der Waals surface area contributed by atoms with E-state index in [-0.39, 0.29) is 5.02 Å². The van der Waals surface area contributed by atoms with E-state index >= 15 is 0 Å². The predicted molar refractivity (Wildman–Crippen MR) is 61.2 cm³/mol. The predicted octanol–water partition coefficient (Wildman–Crippen LogP) is 3.61. The van der Waals surface area contributed by atoms with Crippen LogP contribution in [0.5, 0.6) is 0 Å². The molecular formula is C12H13ClF3N. The highest BCUT2D eigenvalue weighted by atomic mass is 35.5. The van der Waals surface area contributed by atoms with Gasteiger partial charge in [0.05, 0.1) is 10.6 Å². The normalized spacial score (nSPS) is 16.9. The number of hydrogen-bond acceptors (Lipinski definition) is 1. The van der Waals surface area contributed by atoms with Crippen LogP contribution >= 0.6 is 11.6 Å². The van der Waals surface area contributed by atoms with Gasteiger partial charge < -0.3 is 4.90 Å². The summed E-state index contributed by atoms with van der Waals surface area (Å²) in [4.78, 5) is 2.22. The second kappa shape index (κ2) is 4.86. The van der Waals surface area contributed by atoms with Gasteiger partial charge in [0.2, 0.25) is 0 Å². The third-order valence-corrected chi connectivity index (χ3v) is 3.33. The summed E-state index contributed by atoms with van der Waals surface area (Å²) in [7, 11) is 0. The van der Waals surface area contributed by atoms with Crippen molar-refractivity contribution < 1.29 is 13.2 Å². The number of likely N-dealkylation sites (tertiary alicyclic amines) is 1. The minimum Gasteiger partial charge on any atom is -0.303 e. The van der Waals surface area contributed by atoms with Gasteiger partial charge in [-0.15, -0.1) is 0 Å². The average Bonchev–Trinajstić information content (AvgIpc) is 2.16. The first-order chi connectivity index (χ1) is 7.97. The van der Waals surface area contributed by atoms with Crippen LogP contribution in [0.25, 0.3) is 0 Å². The number of nitrogens with zero attached hydrogens (tertiary/aromatic N) is 1. The van der Waals surface area contributed by atoms with E-state index in [4.69, 9.17) is 11.6 Å².